The number of benzene rings is 2. The Balaban J connectivity index is 1.71. The fourth-order valence-electron chi connectivity index (χ4n) is 4.05. The van der Waals surface area contributed by atoms with Crippen molar-refractivity contribution in [2.45, 2.75) is 38.0 Å². The van der Waals surface area contributed by atoms with E-state index in [0.29, 0.717) is 27.4 Å². The van der Waals surface area contributed by atoms with Gasteiger partial charge in [0, 0.05) is 17.0 Å². The van der Waals surface area contributed by atoms with Crippen molar-refractivity contribution in [3.05, 3.63) is 64.4 Å². The van der Waals surface area contributed by atoms with Crippen LogP contribution < -0.4 is 0 Å². The van der Waals surface area contributed by atoms with E-state index in [2.05, 4.69) is 4.98 Å². The van der Waals surface area contributed by atoms with Crippen LogP contribution in [0, 0.1) is 0 Å². The molecule has 146 valence electrons. The van der Waals surface area contributed by atoms with Gasteiger partial charge in [-0.15, -0.1) is 0 Å². The first-order chi connectivity index (χ1) is 14.2. The highest BCUT2D eigenvalue weighted by Crippen LogP contribution is 2.35. The summed E-state index contributed by atoms with van der Waals surface area (Å²) in [5, 5.41) is 1.03. The summed E-state index contributed by atoms with van der Waals surface area (Å²) in [5.74, 6) is 2.13. The summed E-state index contributed by atoms with van der Waals surface area (Å²) in [5.41, 5.74) is 4.19. The van der Waals surface area contributed by atoms with Gasteiger partial charge in [0.2, 0.25) is 0 Å². The fraction of sp³-hybridized carbons (Fsp3) is 0.261. The molecule has 6 heteroatoms. The lowest BCUT2D eigenvalue weighted by Gasteiger charge is -2.18. The Morgan fingerprint density at radius 1 is 0.793 bits per heavy atom. The zero-order valence-corrected chi connectivity index (χ0v) is 17.3. The first-order valence-corrected chi connectivity index (χ1v) is 10.7. The SMILES string of the molecule is Clc1ccc(-c2nc(-c3ccccc3)nc3nc(C4CCCCC4)[nH]c23)cc1Cl. The van der Waals surface area contributed by atoms with E-state index in [9.17, 15) is 0 Å². The Morgan fingerprint density at radius 2 is 1.59 bits per heavy atom. The molecule has 1 aliphatic rings. The van der Waals surface area contributed by atoms with Gasteiger partial charge in [-0.25, -0.2) is 15.0 Å². The van der Waals surface area contributed by atoms with Crippen molar-refractivity contribution in [3.63, 3.8) is 0 Å². The molecule has 5 rings (SSSR count). The molecule has 0 amide bonds. The van der Waals surface area contributed by atoms with Gasteiger partial charge in [0.05, 0.1) is 10.0 Å². The maximum absolute atomic E-state index is 6.30. The molecular weight excluding hydrogens is 403 g/mol. The first-order valence-electron chi connectivity index (χ1n) is 9.97. The molecule has 4 aromatic rings. The number of rotatable bonds is 3. The molecule has 0 atom stereocenters. The summed E-state index contributed by atoms with van der Waals surface area (Å²) >= 11 is 12.4. The van der Waals surface area contributed by atoms with Gasteiger partial charge in [-0.05, 0) is 25.0 Å². The van der Waals surface area contributed by atoms with Crippen molar-refractivity contribution >= 4 is 34.4 Å². The van der Waals surface area contributed by atoms with Gasteiger partial charge in [0.1, 0.15) is 17.0 Å². The molecule has 4 nitrogen and oxygen atoms in total. The molecule has 0 radical (unpaired) electrons. The maximum Gasteiger partial charge on any atom is 0.182 e. The van der Waals surface area contributed by atoms with Crippen LogP contribution in [0.3, 0.4) is 0 Å². The minimum atomic E-state index is 0.458. The van der Waals surface area contributed by atoms with Crippen molar-refractivity contribution in [3.8, 4) is 22.6 Å². The number of hydrogen-bond acceptors (Lipinski definition) is 3. The highest BCUT2D eigenvalue weighted by atomic mass is 35.5. The van der Waals surface area contributed by atoms with E-state index in [4.69, 9.17) is 38.2 Å². The van der Waals surface area contributed by atoms with E-state index < -0.39 is 0 Å². The molecule has 0 unspecified atom stereocenters. The molecule has 2 aromatic carbocycles. The van der Waals surface area contributed by atoms with E-state index >= 15 is 0 Å². The van der Waals surface area contributed by atoms with Crippen molar-refractivity contribution in [2.24, 2.45) is 0 Å². The normalized spacial score (nSPS) is 15.1. The number of nitrogens with one attached hydrogen (secondary N) is 1. The number of hydrogen-bond donors (Lipinski definition) is 1. The molecule has 0 spiro atoms. The van der Waals surface area contributed by atoms with Gasteiger partial charge in [-0.2, -0.15) is 0 Å². The van der Waals surface area contributed by atoms with Crippen LogP contribution in [0.2, 0.25) is 10.0 Å². The molecule has 29 heavy (non-hydrogen) atoms. The van der Waals surface area contributed by atoms with E-state index in [1.54, 1.807) is 6.07 Å². The molecule has 1 aliphatic carbocycles. The van der Waals surface area contributed by atoms with E-state index in [0.717, 1.165) is 28.2 Å². The van der Waals surface area contributed by atoms with Crippen LogP contribution in [0.1, 0.15) is 43.8 Å². The van der Waals surface area contributed by atoms with E-state index in [-0.39, 0.29) is 0 Å². The topological polar surface area (TPSA) is 54.5 Å². The summed E-state index contributed by atoms with van der Waals surface area (Å²) < 4.78 is 0. The summed E-state index contributed by atoms with van der Waals surface area (Å²) in [6.45, 7) is 0. The number of fused-ring (bicyclic) bond motifs is 1. The van der Waals surface area contributed by atoms with Gasteiger partial charge in [0.25, 0.3) is 0 Å². The second kappa shape index (κ2) is 7.77. The molecular formula is C23H20Cl2N4. The van der Waals surface area contributed by atoms with Gasteiger partial charge >= 0.3 is 0 Å². The Hall–Kier alpha value is -2.43. The van der Waals surface area contributed by atoms with Gasteiger partial charge < -0.3 is 4.98 Å². The van der Waals surface area contributed by atoms with Crippen molar-refractivity contribution in [2.75, 3.05) is 0 Å². The average Bonchev–Trinajstić information content (AvgIpc) is 3.20. The van der Waals surface area contributed by atoms with Gasteiger partial charge in [0.15, 0.2) is 11.5 Å². The zero-order valence-electron chi connectivity index (χ0n) is 15.8. The summed E-state index contributed by atoms with van der Waals surface area (Å²) in [6, 6.07) is 15.6. The third-order valence-electron chi connectivity index (χ3n) is 5.59. The molecule has 2 heterocycles. The fourth-order valence-corrected chi connectivity index (χ4v) is 4.35. The quantitative estimate of drug-likeness (QED) is 0.384. The van der Waals surface area contributed by atoms with Gasteiger partial charge in [-0.1, -0.05) is 78.9 Å². The molecule has 0 aliphatic heterocycles. The Morgan fingerprint density at radius 3 is 2.34 bits per heavy atom. The number of aromatic nitrogens is 4. The lowest BCUT2D eigenvalue weighted by Crippen LogP contribution is -2.05. The number of aromatic amines is 1. The predicted molar refractivity (Wildman–Crippen MR) is 118 cm³/mol. The standard InChI is InChI=1S/C23H20Cl2N4/c24-17-12-11-16(13-18(17)25)19-20-23(28-21(26-19)14-7-3-1-4-8-14)29-22(27-20)15-9-5-2-6-10-15/h1,3-4,7-8,11-13,15H,2,5-6,9-10H2,(H,26,27,28,29). The van der Waals surface area contributed by atoms with Crippen LogP contribution >= 0.6 is 23.2 Å². The Bertz CT molecular complexity index is 1160. The van der Waals surface area contributed by atoms with Crippen LogP contribution in [0.25, 0.3) is 33.8 Å². The zero-order chi connectivity index (χ0) is 19.8. The van der Waals surface area contributed by atoms with Crippen molar-refractivity contribution < 1.29 is 0 Å². The van der Waals surface area contributed by atoms with Crippen molar-refractivity contribution in [1.29, 1.82) is 0 Å². The smallest absolute Gasteiger partial charge is 0.182 e. The molecule has 0 saturated heterocycles. The summed E-state index contributed by atoms with van der Waals surface area (Å²) in [4.78, 5) is 18.1. The molecule has 1 fully saturated rings. The lowest BCUT2D eigenvalue weighted by molar-refractivity contribution is 0.431. The number of halogens is 2. The van der Waals surface area contributed by atoms with Crippen molar-refractivity contribution in [1.82, 2.24) is 19.9 Å². The average molecular weight is 423 g/mol. The van der Waals surface area contributed by atoms with Crippen LogP contribution in [0.15, 0.2) is 48.5 Å². The minimum Gasteiger partial charge on any atom is -0.339 e. The monoisotopic (exact) mass is 422 g/mol. The maximum atomic E-state index is 6.30. The summed E-state index contributed by atoms with van der Waals surface area (Å²) in [7, 11) is 0. The minimum absolute atomic E-state index is 0.458. The number of nitrogens with zero attached hydrogens (tertiary/aromatic N) is 3. The molecule has 2 aromatic heterocycles. The number of H-pyrrole nitrogens is 1. The summed E-state index contributed by atoms with van der Waals surface area (Å²) in [6.07, 6.45) is 6.15. The largest absolute Gasteiger partial charge is 0.339 e. The van der Waals surface area contributed by atoms with Crippen LogP contribution in [-0.4, -0.2) is 19.9 Å². The molecule has 0 bridgehead atoms. The Labute approximate surface area is 179 Å². The van der Waals surface area contributed by atoms with Crippen LogP contribution in [0.5, 0.6) is 0 Å². The molecule has 1 saturated carbocycles. The van der Waals surface area contributed by atoms with Crippen LogP contribution in [0.4, 0.5) is 0 Å². The third-order valence-corrected chi connectivity index (χ3v) is 6.33. The second-order valence-electron chi connectivity index (χ2n) is 7.55. The highest BCUT2D eigenvalue weighted by Gasteiger charge is 2.22. The molecule has 1 N–H and O–H groups in total. The van der Waals surface area contributed by atoms with Gasteiger partial charge in [-0.3, -0.25) is 0 Å². The third kappa shape index (κ3) is 3.63. The lowest BCUT2D eigenvalue weighted by atomic mass is 9.89. The first kappa shape index (κ1) is 18.6. The Kier molecular flexibility index (Phi) is 4.98. The highest BCUT2D eigenvalue weighted by molar-refractivity contribution is 6.42. The second-order valence-corrected chi connectivity index (χ2v) is 8.36. The predicted octanol–water partition coefficient (Wildman–Crippen LogP) is 7.04. The van der Waals surface area contributed by atoms with Crippen LogP contribution in [-0.2, 0) is 0 Å². The number of imidazole rings is 1. The van der Waals surface area contributed by atoms with E-state index in [1.165, 1.54) is 32.1 Å². The van der Waals surface area contributed by atoms with E-state index in [1.807, 2.05) is 42.5 Å².